The largest absolute Gasteiger partial charge is 0.384 e. The van der Waals surface area contributed by atoms with Crippen LogP contribution in [-0.2, 0) is 11.3 Å². The Morgan fingerprint density at radius 2 is 2.19 bits per heavy atom. The van der Waals surface area contributed by atoms with Crippen LogP contribution in [0, 0.1) is 11.3 Å². The molecule has 1 aliphatic heterocycles. The summed E-state index contributed by atoms with van der Waals surface area (Å²) in [7, 11) is 0. The Hall–Kier alpha value is -3.41. The van der Waals surface area contributed by atoms with Gasteiger partial charge in [0.05, 0.1) is 24.1 Å². The van der Waals surface area contributed by atoms with Crippen LogP contribution in [0.2, 0.25) is 5.02 Å². The highest BCUT2D eigenvalue weighted by Crippen LogP contribution is 2.47. The van der Waals surface area contributed by atoms with Gasteiger partial charge in [-0.05, 0) is 48.1 Å². The average Bonchev–Trinajstić information content (AvgIpc) is 3.46. The predicted octanol–water partition coefficient (Wildman–Crippen LogP) is 4.35. The maximum atomic E-state index is 13.2. The summed E-state index contributed by atoms with van der Waals surface area (Å²) < 4.78 is 1.74. The first-order valence-corrected chi connectivity index (χ1v) is 11.4. The van der Waals surface area contributed by atoms with Crippen LogP contribution in [0.15, 0.2) is 71.0 Å². The van der Waals surface area contributed by atoms with Crippen LogP contribution in [0.4, 0.5) is 5.69 Å². The van der Waals surface area contributed by atoms with E-state index in [1.165, 1.54) is 17.7 Å². The van der Waals surface area contributed by atoms with E-state index in [1.807, 2.05) is 28.5 Å². The van der Waals surface area contributed by atoms with Crippen molar-refractivity contribution < 1.29 is 4.79 Å². The number of nitrogens with two attached hydrogens (primary N) is 1. The van der Waals surface area contributed by atoms with Crippen LogP contribution in [0.3, 0.4) is 0 Å². The van der Waals surface area contributed by atoms with Gasteiger partial charge in [0, 0.05) is 33.3 Å². The number of rotatable bonds is 4. The maximum absolute atomic E-state index is 13.2. The molecule has 3 aromatic rings. The third-order valence-electron chi connectivity index (χ3n) is 5.75. The van der Waals surface area contributed by atoms with Crippen molar-refractivity contribution in [3.63, 3.8) is 0 Å². The third kappa shape index (κ3) is 3.49. The third-order valence-corrected chi connectivity index (χ3v) is 7.03. The van der Waals surface area contributed by atoms with Crippen LogP contribution in [-0.4, -0.2) is 20.5 Å². The summed E-state index contributed by atoms with van der Waals surface area (Å²) in [6.45, 7) is 0.568. The number of thiophene rings is 1. The van der Waals surface area contributed by atoms with Gasteiger partial charge >= 0.3 is 0 Å². The lowest BCUT2D eigenvalue weighted by molar-refractivity contribution is -0.116. The van der Waals surface area contributed by atoms with E-state index >= 15 is 0 Å². The number of aromatic nitrogens is 3. The summed E-state index contributed by atoms with van der Waals surface area (Å²) in [6.07, 6.45) is 5.08. The number of nitrogens with zero attached hydrogens (tertiary/aromatic N) is 5. The number of hydrogen-bond donors (Lipinski definition) is 1. The van der Waals surface area contributed by atoms with Crippen molar-refractivity contribution in [1.82, 2.24) is 14.8 Å². The minimum atomic E-state index is -0.465. The molecule has 160 valence electrons. The molecular formula is C23H19ClN6OS. The maximum Gasteiger partial charge on any atom is 0.161 e. The molecule has 1 aliphatic carbocycles. The van der Waals surface area contributed by atoms with E-state index in [0.717, 1.165) is 28.2 Å². The Labute approximate surface area is 194 Å². The van der Waals surface area contributed by atoms with E-state index in [9.17, 15) is 10.1 Å². The number of carbonyl (C=O) groups excluding carboxylic acids is 1. The number of anilines is 1. The van der Waals surface area contributed by atoms with E-state index in [1.54, 1.807) is 23.1 Å². The van der Waals surface area contributed by atoms with Crippen molar-refractivity contribution in [3.8, 4) is 6.07 Å². The molecule has 9 heteroatoms. The van der Waals surface area contributed by atoms with E-state index in [-0.39, 0.29) is 5.78 Å². The lowest BCUT2D eigenvalue weighted by atomic mass is 9.78. The molecule has 32 heavy (non-hydrogen) atoms. The van der Waals surface area contributed by atoms with E-state index in [2.05, 4.69) is 16.2 Å². The molecule has 2 N–H and O–H groups in total. The Morgan fingerprint density at radius 1 is 1.31 bits per heavy atom. The van der Waals surface area contributed by atoms with Crippen molar-refractivity contribution in [2.24, 2.45) is 5.73 Å². The highest BCUT2D eigenvalue weighted by molar-refractivity contribution is 7.10. The van der Waals surface area contributed by atoms with Gasteiger partial charge in [0.2, 0.25) is 0 Å². The van der Waals surface area contributed by atoms with Crippen molar-refractivity contribution in [1.29, 1.82) is 5.26 Å². The van der Waals surface area contributed by atoms with Gasteiger partial charge in [0.1, 0.15) is 18.5 Å². The lowest BCUT2D eigenvalue weighted by Crippen LogP contribution is -2.38. The summed E-state index contributed by atoms with van der Waals surface area (Å²) in [5.41, 5.74) is 10.3. The zero-order valence-corrected chi connectivity index (χ0v) is 18.6. The summed E-state index contributed by atoms with van der Waals surface area (Å²) in [5.74, 6) is -0.0538. The molecule has 7 nitrogen and oxygen atoms in total. The van der Waals surface area contributed by atoms with Gasteiger partial charge in [-0.2, -0.15) is 10.4 Å². The lowest BCUT2D eigenvalue weighted by Gasteiger charge is -2.39. The molecule has 3 heterocycles. The van der Waals surface area contributed by atoms with Crippen molar-refractivity contribution in [2.45, 2.75) is 31.7 Å². The Kier molecular flexibility index (Phi) is 5.29. The predicted molar refractivity (Wildman–Crippen MR) is 123 cm³/mol. The van der Waals surface area contributed by atoms with Crippen LogP contribution in [0.25, 0.3) is 0 Å². The smallest absolute Gasteiger partial charge is 0.161 e. The van der Waals surface area contributed by atoms with Crippen LogP contribution in [0.5, 0.6) is 0 Å². The second kappa shape index (κ2) is 8.26. The van der Waals surface area contributed by atoms with Crippen molar-refractivity contribution in [2.75, 3.05) is 4.90 Å². The first kappa shape index (κ1) is 20.5. The molecular weight excluding hydrogens is 444 g/mol. The number of carbonyl (C=O) groups is 1. The molecule has 1 aromatic carbocycles. The number of halogens is 1. The number of allylic oxidation sites excluding steroid dienone is 3. The molecule has 0 saturated heterocycles. The molecule has 2 aromatic heterocycles. The number of hydrogen-bond acceptors (Lipinski definition) is 7. The summed E-state index contributed by atoms with van der Waals surface area (Å²) >= 11 is 7.76. The topological polar surface area (TPSA) is 101 Å². The molecule has 0 radical (unpaired) electrons. The fraction of sp³-hybridized carbons (Fsp3) is 0.217. The summed E-state index contributed by atoms with van der Waals surface area (Å²) in [4.78, 5) is 19.9. The van der Waals surface area contributed by atoms with Gasteiger partial charge in [-0.3, -0.25) is 9.69 Å². The minimum absolute atomic E-state index is 0.0646. The van der Waals surface area contributed by atoms with Gasteiger partial charge in [-0.15, -0.1) is 11.3 Å². The van der Waals surface area contributed by atoms with E-state index in [4.69, 9.17) is 17.3 Å². The molecule has 0 unspecified atom stereocenters. The fourth-order valence-corrected chi connectivity index (χ4v) is 5.62. The van der Waals surface area contributed by atoms with Gasteiger partial charge < -0.3 is 5.73 Å². The van der Waals surface area contributed by atoms with Gasteiger partial charge in [0.15, 0.2) is 5.78 Å². The zero-order valence-electron chi connectivity index (χ0n) is 17.0. The minimum Gasteiger partial charge on any atom is -0.384 e. The van der Waals surface area contributed by atoms with E-state index in [0.29, 0.717) is 41.4 Å². The van der Waals surface area contributed by atoms with Crippen LogP contribution in [0.1, 0.15) is 35.6 Å². The molecule has 0 bridgehead atoms. The molecule has 5 rings (SSSR count). The normalized spacial score (nSPS) is 18.7. The highest BCUT2D eigenvalue weighted by Gasteiger charge is 2.40. The SMILES string of the molecule is N#CC1=C(N)N(c2cccc(Cl)c2)C2=C(C(=O)CCC2)[C@H]1c1cc(Cn2cncn2)cs1. The zero-order chi connectivity index (χ0) is 22.2. The summed E-state index contributed by atoms with van der Waals surface area (Å²) in [5, 5.41) is 16.9. The Bertz CT molecular complexity index is 1300. The van der Waals surface area contributed by atoms with Gasteiger partial charge in [-0.25, -0.2) is 9.67 Å². The van der Waals surface area contributed by atoms with Crippen LogP contribution >= 0.6 is 22.9 Å². The number of Topliss-reactive ketones (excluding diaryl/α,β-unsaturated/α-hetero) is 1. The number of benzene rings is 1. The van der Waals surface area contributed by atoms with Crippen molar-refractivity contribution in [3.05, 3.63) is 86.5 Å². The van der Waals surface area contributed by atoms with Gasteiger partial charge in [-0.1, -0.05) is 17.7 Å². The first-order valence-electron chi connectivity index (χ1n) is 10.2. The molecule has 0 fully saturated rings. The molecule has 2 aliphatic rings. The molecule has 0 amide bonds. The number of nitriles is 1. The fourth-order valence-electron chi connectivity index (χ4n) is 4.41. The number of ketones is 1. The molecule has 0 saturated carbocycles. The van der Waals surface area contributed by atoms with Crippen LogP contribution < -0.4 is 10.6 Å². The Morgan fingerprint density at radius 3 is 2.94 bits per heavy atom. The standard InChI is InChI=1S/C23H19ClN6OS/c24-15-3-1-4-16(8-15)30-18-5-2-6-19(31)22(18)21(17(9-25)23(30)26)20-7-14(11-32-20)10-29-13-27-12-28-29/h1,3-4,7-8,11-13,21H,2,5-6,10,26H2/t21-/m1/s1. The quantitative estimate of drug-likeness (QED) is 0.618. The summed E-state index contributed by atoms with van der Waals surface area (Å²) in [6, 6.07) is 11.6. The Balaban J connectivity index is 1.63. The second-order valence-electron chi connectivity index (χ2n) is 7.75. The first-order chi connectivity index (χ1) is 15.6. The van der Waals surface area contributed by atoms with Gasteiger partial charge in [0.25, 0.3) is 0 Å². The monoisotopic (exact) mass is 462 g/mol. The van der Waals surface area contributed by atoms with E-state index < -0.39 is 5.92 Å². The highest BCUT2D eigenvalue weighted by atomic mass is 35.5. The second-order valence-corrected chi connectivity index (χ2v) is 9.13. The molecule has 0 spiro atoms. The molecule has 1 atom stereocenters. The van der Waals surface area contributed by atoms with Crippen molar-refractivity contribution >= 4 is 34.4 Å². The average molecular weight is 463 g/mol.